The van der Waals surface area contributed by atoms with Gasteiger partial charge in [0.2, 0.25) is 5.91 Å². The van der Waals surface area contributed by atoms with Crippen LogP contribution in [-0.4, -0.2) is 19.1 Å². The summed E-state index contributed by atoms with van der Waals surface area (Å²) in [4.78, 5) is 12.1. The fourth-order valence-electron chi connectivity index (χ4n) is 3.00. The van der Waals surface area contributed by atoms with Crippen LogP contribution in [0.15, 0.2) is 42.5 Å². The Morgan fingerprint density at radius 2 is 1.56 bits per heavy atom. The molecule has 0 aliphatic rings. The van der Waals surface area contributed by atoms with Crippen molar-refractivity contribution in [1.82, 2.24) is 0 Å². The number of hydrogen-bond acceptors (Lipinski definition) is 3. The zero-order valence-electron chi connectivity index (χ0n) is 16.8. The third-order valence-electron chi connectivity index (χ3n) is 4.33. The minimum atomic E-state index is -0.0626. The number of benzene rings is 2. The number of aryl methyl sites for hydroxylation is 2. The lowest BCUT2D eigenvalue weighted by molar-refractivity contribution is -0.114. The maximum atomic E-state index is 12.1. The maximum absolute atomic E-state index is 12.1. The largest absolute Gasteiger partial charge is 0.494 e. The average Bonchev–Trinajstić information content (AvgIpc) is 2.63. The normalized spacial score (nSPS) is 10.5. The molecule has 0 unspecified atom stereocenters. The molecule has 0 spiro atoms. The molecule has 4 heteroatoms. The van der Waals surface area contributed by atoms with Gasteiger partial charge in [-0.15, -0.1) is 0 Å². The summed E-state index contributed by atoms with van der Waals surface area (Å²) in [5, 5.41) is 6.07. The summed E-state index contributed by atoms with van der Waals surface area (Å²) in [5.74, 6) is 0.808. The van der Waals surface area contributed by atoms with Crippen LogP contribution in [0.3, 0.4) is 0 Å². The van der Waals surface area contributed by atoms with Gasteiger partial charge in [-0.05, 0) is 67.8 Å². The van der Waals surface area contributed by atoms with Crippen molar-refractivity contribution < 1.29 is 9.53 Å². The van der Waals surface area contributed by atoms with Gasteiger partial charge < -0.3 is 15.4 Å². The van der Waals surface area contributed by atoms with Gasteiger partial charge in [0, 0.05) is 11.4 Å². The molecular weight excluding hydrogens is 336 g/mol. The molecule has 2 aromatic carbocycles. The molecule has 0 fully saturated rings. The summed E-state index contributed by atoms with van der Waals surface area (Å²) in [6.45, 7) is 7.25. The summed E-state index contributed by atoms with van der Waals surface area (Å²) in [6.07, 6.45) is 6.17. The second-order valence-corrected chi connectivity index (χ2v) is 7.07. The first-order valence-electron chi connectivity index (χ1n) is 9.91. The first-order valence-corrected chi connectivity index (χ1v) is 9.91. The summed E-state index contributed by atoms with van der Waals surface area (Å²) >= 11 is 0. The first-order chi connectivity index (χ1) is 13.1. The van der Waals surface area contributed by atoms with Gasteiger partial charge in [0.05, 0.1) is 13.2 Å². The zero-order valence-corrected chi connectivity index (χ0v) is 16.8. The number of carbonyl (C=O) groups excluding carboxylic acids is 1. The molecule has 2 N–H and O–H groups in total. The van der Waals surface area contributed by atoms with Gasteiger partial charge in [-0.25, -0.2) is 0 Å². The Morgan fingerprint density at radius 3 is 2.22 bits per heavy atom. The number of rotatable bonds is 11. The van der Waals surface area contributed by atoms with Crippen LogP contribution in [0.4, 0.5) is 11.4 Å². The Balaban J connectivity index is 1.70. The van der Waals surface area contributed by atoms with Crippen molar-refractivity contribution in [1.29, 1.82) is 0 Å². The zero-order chi connectivity index (χ0) is 19.5. The lowest BCUT2D eigenvalue weighted by Gasteiger charge is -2.10. The monoisotopic (exact) mass is 368 g/mol. The standard InChI is InChI=1S/C23H32N2O2/c1-4-5-6-7-8-13-27-22-11-9-20(10-12-22)24-17-23(26)25-21-15-18(2)14-19(3)16-21/h9-12,14-16,24H,4-8,13,17H2,1-3H3,(H,25,26). The molecule has 4 nitrogen and oxygen atoms in total. The van der Waals surface area contributed by atoms with Gasteiger partial charge in [0.1, 0.15) is 5.75 Å². The van der Waals surface area contributed by atoms with Gasteiger partial charge in [0.15, 0.2) is 0 Å². The number of ether oxygens (including phenoxy) is 1. The summed E-state index contributed by atoms with van der Waals surface area (Å²) in [5.41, 5.74) is 4.02. The van der Waals surface area contributed by atoms with Gasteiger partial charge in [-0.2, -0.15) is 0 Å². The first kappa shape index (κ1) is 20.8. The highest BCUT2D eigenvalue weighted by Crippen LogP contribution is 2.17. The van der Waals surface area contributed by atoms with E-state index in [0.717, 1.165) is 41.3 Å². The van der Waals surface area contributed by atoms with Crippen molar-refractivity contribution in [3.05, 3.63) is 53.6 Å². The topological polar surface area (TPSA) is 50.4 Å². The van der Waals surface area contributed by atoms with Crippen molar-refractivity contribution in [3.8, 4) is 5.75 Å². The van der Waals surface area contributed by atoms with Gasteiger partial charge in [-0.1, -0.05) is 38.7 Å². The second-order valence-electron chi connectivity index (χ2n) is 7.07. The fraction of sp³-hybridized carbons (Fsp3) is 0.435. The van der Waals surface area contributed by atoms with E-state index in [-0.39, 0.29) is 12.5 Å². The van der Waals surface area contributed by atoms with Crippen LogP contribution >= 0.6 is 0 Å². The molecule has 27 heavy (non-hydrogen) atoms. The predicted molar refractivity (Wildman–Crippen MR) is 114 cm³/mol. The lowest BCUT2D eigenvalue weighted by atomic mass is 10.1. The van der Waals surface area contributed by atoms with Crippen LogP contribution in [0.1, 0.15) is 50.2 Å². The van der Waals surface area contributed by atoms with Crippen molar-refractivity contribution >= 4 is 17.3 Å². The highest BCUT2D eigenvalue weighted by Gasteiger charge is 2.04. The molecular formula is C23H32N2O2. The molecule has 2 rings (SSSR count). The van der Waals surface area contributed by atoms with Gasteiger partial charge in [0.25, 0.3) is 0 Å². The Hall–Kier alpha value is -2.49. The predicted octanol–water partition coefficient (Wildman–Crippen LogP) is 5.70. The number of unbranched alkanes of at least 4 members (excludes halogenated alkanes) is 4. The molecule has 0 aliphatic carbocycles. The molecule has 146 valence electrons. The number of carbonyl (C=O) groups is 1. The van der Waals surface area contributed by atoms with Gasteiger partial charge >= 0.3 is 0 Å². The van der Waals surface area contributed by atoms with E-state index in [4.69, 9.17) is 4.74 Å². The van der Waals surface area contributed by atoms with E-state index in [1.165, 1.54) is 25.7 Å². The molecule has 0 atom stereocenters. The third-order valence-corrected chi connectivity index (χ3v) is 4.33. The maximum Gasteiger partial charge on any atom is 0.243 e. The van der Waals surface area contributed by atoms with Crippen LogP contribution in [0, 0.1) is 13.8 Å². The van der Waals surface area contributed by atoms with E-state index in [0.29, 0.717) is 0 Å². The number of amides is 1. The van der Waals surface area contributed by atoms with Crippen LogP contribution < -0.4 is 15.4 Å². The smallest absolute Gasteiger partial charge is 0.243 e. The number of anilines is 2. The summed E-state index contributed by atoms with van der Waals surface area (Å²) in [6, 6.07) is 13.8. The molecule has 2 aromatic rings. The second kappa shape index (κ2) is 11.3. The van der Waals surface area contributed by atoms with Crippen molar-refractivity contribution in [2.24, 2.45) is 0 Å². The van der Waals surface area contributed by atoms with Gasteiger partial charge in [-0.3, -0.25) is 4.79 Å². The SMILES string of the molecule is CCCCCCCOc1ccc(NCC(=O)Nc2cc(C)cc(C)c2)cc1. The quantitative estimate of drug-likeness (QED) is 0.500. The Kier molecular flexibility index (Phi) is 8.69. The molecule has 0 saturated heterocycles. The van der Waals surface area contributed by atoms with Crippen LogP contribution in [-0.2, 0) is 4.79 Å². The number of nitrogens with one attached hydrogen (secondary N) is 2. The summed E-state index contributed by atoms with van der Waals surface area (Å²) in [7, 11) is 0. The average molecular weight is 369 g/mol. The Morgan fingerprint density at radius 1 is 0.889 bits per heavy atom. The molecule has 1 amide bonds. The van der Waals surface area contributed by atoms with E-state index in [1.807, 2.05) is 50.2 Å². The van der Waals surface area contributed by atoms with E-state index in [2.05, 4.69) is 23.6 Å². The number of hydrogen-bond donors (Lipinski definition) is 2. The van der Waals surface area contributed by atoms with E-state index < -0.39 is 0 Å². The van der Waals surface area contributed by atoms with E-state index in [1.54, 1.807) is 0 Å². The molecule has 0 radical (unpaired) electrons. The lowest BCUT2D eigenvalue weighted by Crippen LogP contribution is -2.21. The van der Waals surface area contributed by atoms with Crippen LogP contribution in [0.25, 0.3) is 0 Å². The molecule has 0 bridgehead atoms. The fourth-order valence-corrected chi connectivity index (χ4v) is 3.00. The minimum Gasteiger partial charge on any atom is -0.494 e. The van der Waals surface area contributed by atoms with Crippen molar-refractivity contribution in [2.45, 2.75) is 52.9 Å². The Labute approximate surface area is 163 Å². The Bertz CT molecular complexity index is 691. The van der Waals surface area contributed by atoms with Crippen molar-refractivity contribution in [2.75, 3.05) is 23.8 Å². The third kappa shape index (κ3) is 8.16. The molecule has 0 aromatic heterocycles. The highest BCUT2D eigenvalue weighted by molar-refractivity contribution is 5.93. The molecule has 0 aliphatic heterocycles. The highest BCUT2D eigenvalue weighted by atomic mass is 16.5. The molecule has 0 saturated carbocycles. The summed E-state index contributed by atoms with van der Waals surface area (Å²) < 4.78 is 5.76. The van der Waals surface area contributed by atoms with Crippen molar-refractivity contribution in [3.63, 3.8) is 0 Å². The molecule has 0 heterocycles. The van der Waals surface area contributed by atoms with Crippen LogP contribution in [0.5, 0.6) is 5.75 Å². The van der Waals surface area contributed by atoms with E-state index in [9.17, 15) is 4.79 Å². The minimum absolute atomic E-state index is 0.0626. The van der Waals surface area contributed by atoms with E-state index >= 15 is 0 Å². The van der Waals surface area contributed by atoms with Crippen LogP contribution in [0.2, 0.25) is 0 Å².